The molecule has 4 nitrogen and oxygen atoms in total. The van der Waals surface area contributed by atoms with Crippen molar-refractivity contribution in [1.29, 1.82) is 0 Å². The summed E-state index contributed by atoms with van der Waals surface area (Å²) in [5.74, 6) is -0.768. The molecule has 1 heterocycles. The second-order valence-electron chi connectivity index (χ2n) is 2.87. The minimum Gasteiger partial charge on any atom is -0.506 e. The minimum atomic E-state index is -0.594. The fourth-order valence-corrected chi connectivity index (χ4v) is 1.52. The van der Waals surface area contributed by atoms with E-state index in [-0.39, 0.29) is 22.9 Å². The van der Waals surface area contributed by atoms with Gasteiger partial charge in [-0.1, -0.05) is 5.16 Å². The van der Waals surface area contributed by atoms with E-state index in [1.165, 1.54) is 18.2 Å². The van der Waals surface area contributed by atoms with Gasteiger partial charge in [-0.25, -0.2) is 4.39 Å². The van der Waals surface area contributed by atoms with Gasteiger partial charge in [0.05, 0.1) is 10.0 Å². The van der Waals surface area contributed by atoms with Crippen LogP contribution in [0.4, 0.5) is 10.3 Å². The standard InChI is InChI=1S/C9H6BrFN2O2/c10-4-1-2-5(11)8(9(4)14)6-3-7(12)15-13-6/h1-3,14H,12H2. The van der Waals surface area contributed by atoms with Gasteiger partial charge in [-0.15, -0.1) is 0 Å². The maximum Gasteiger partial charge on any atom is 0.222 e. The Balaban J connectivity index is 2.66. The summed E-state index contributed by atoms with van der Waals surface area (Å²) < 4.78 is 18.4. The van der Waals surface area contributed by atoms with Crippen molar-refractivity contribution in [1.82, 2.24) is 5.16 Å². The number of halogens is 2. The molecular formula is C9H6BrFN2O2. The first-order chi connectivity index (χ1) is 7.09. The number of benzene rings is 1. The van der Waals surface area contributed by atoms with Crippen molar-refractivity contribution in [2.24, 2.45) is 0 Å². The van der Waals surface area contributed by atoms with Crippen LogP contribution in [0, 0.1) is 5.82 Å². The van der Waals surface area contributed by atoms with Crippen molar-refractivity contribution in [3.8, 4) is 17.0 Å². The number of phenols is 1. The van der Waals surface area contributed by atoms with Crippen LogP contribution in [0.3, 0.4) is 0 Å². The number of anilines is 1. The van der Waals surface area contributed by atoms with Crippen LogP contribution in [0.5, 0.6) is 5.75 Å². The van der Waals surface area contributed by atoms with Crippen LogP contribution in [0.15, 0.2) is 27.2 Å². The van der Waals surface area contributed by atoms with E-state index in [2.05, 4.69) is 25.6 Å². The third kappa shape index (κ3) is 1.68. The lowest BCUT2D eigenvalue weighted by atomic mass is 10.1. The quantitative estimate of drug-likeness (QED) is 0.837. The SMILES string of the molecule is Nc1cc(-c2c(F)ccc(Br)c2O)no1. The summed E-state index contributed by atoms with van der Waals surface area (Å²) in [6.07, 6.45) is 0. The zero-order valence-corrected chi connectivity index (χ0v) is 8.95. The molecule has 0 aliphatic heterocycles. The molecule has 0 bridgehead atoms. The molecule has 0 aliphatic rings. The first-order valence-corrected chi connectivity index (χ1v) is 4.78. The van der Waals surface area contributed by atoms with Crippen molar-refractivity contribution in [3.05, 3.63) is 28.5 Å². The summed E-state index contributed by atoms with van der Waals surface area (Å²) in [4.78, 5) is 0. The van der Waals surface area contributed by atoms with E-state index in [0.717, 1.165) is 0 Å². The highest BCUT2D eigenvalue weighted by Crippen LogP contribution is 2.37. The molecule has 0 aliphatic carbocycles. The molecule has 0 unspecified atom stereocenters. The predicted molar refractivity (Wildman–Crippen MR) is 55.7 cm³/mol. The third-order valence-corrected chi connectivity index (χ3v) is 2.50. The zero-order chi connectivity index (χ0) is 11.0. The van der Waals surface area contributed by atoms with Gasteiger partial charge in [0.2, 0.25) is 5.88 Å². The fourth-order valence-electron chi connectivity index (χ4n) is 1.19. The highest BCUT2D eigenvalue weighted by molar-refractivity contribution is 9.10. The van der Waals surface area contributed by atoms with E-state index in [0.29, 0.717) is 4.47 Å². The second-order valence-corrected chi connectivity index (χ2v) is 3.72. The van der Waals surface area contributed by atoms with E-state index >= 15 is 0 Å². The lowest BCUT2D eigenvalue weighted by Gasteiger charge is -2.03. The Kier molecular flexibility index (Phi) is 2.36. The number of aromatic hydroxyl groups is 1. The molecule has 2 rings (SSSR count). The number of hydrogen-bond donors (Lipinski definition) is 2. The van der Waals surface area contributed by atoms with E-state index in [1.807, 2.05) is 0 Å². The summed E-state index contributed by atoms with van der Waals surface area (Å²) >= 11 is 3.08. The van der Waals surface area contributed by atoms with Crippen LogP contribution in [0.1, 0.15) is 0 Å². The van der Waals surface area contributed by atoms with Gasteiger partial charge < -0.3 is 15.4 Å². The number of nitrogens with zero attached hydrogens (tertiary/aromatic N) is 1. The van der Waals surface area contributed by atoms with Gasteiger partial charge in [0.15, 0.2) is 0 Å². The Bertz CT molecular complexity index is 513. The molecule has 6 heteroatoms. The largest absolute Gasteiger partial charge is 0.506 e. The Hall–Kier alpha value is -1.56. The first kappa shape index (κ1) is 9.97. The molecular weight excluding hydrogens is 267 g/mol. The molecule has 15 heavy (non-hydrogen) atoms. The number of phenolic OH excluding ortho intramolecular Hbond substituents is 1. The third-order valence-electron chi connectivity index (χ3n) is 1.86. The summed E-state index contributed by atoms with van der Waals surface area (Å²) in [5.41, 5.74) is 5.43. The molecule has 0 spiro atoms. The van der Waals surface area contributed by atoms with Crippen molar-refractivity contribution in [3.63, 3.8) is 0 Å². The molecule has 0 radical (unpaired) electrons. The smallest absolute Gasteiger partial charge is 0.222 e. The Morgan fingerprint density at radius 1 is 1.47 bits per heavy atom. The van der Waals surface area contributed by atoms with Gasteiger partial charge in [-0.3, -0.25) is 0 Å². The Morgan fingerprint density at radius 2 is 2.20 bits per heavy atom. The summed E-state index contributed by atoms with van der Waals surface area (Å²) in [6.45, 7) is 0. The maximum atomic E-state index is 13.4. The van der Waals surface area contributed by atoms with Gasteiger partial charge in [-0.2, -0.15) is 0 Å². The molecule has 0 fully saturated rings. The zero-order valence-electron chi connectivity index (χ0n) is 7.37. The second kappa shape index (κ2) is 3.54. The van der Waals surface area contributed by atoms with Crippen molar-refractivity contribution in [2.75, 3.05) is 5.73 Å². The number of rotatable bonds is 1. The molecule has 0 atom stereocenters. The topological polar surface area (TPSA) is 72.3 Å². The average Bonchev–Trinajstić information content (AvgIpc) is 2.59. The van der Waals surface area contributed by atoms with Crippen LogP contribution >= 0.6 is 15.9 Å². The van der Waals surface area contributed by atoms with Crippen LogP contribution in [0.25, 0.3) is 11.3 Å². The fraction of sp³-hybridized carbons (Fsp3) is 0. The molecule has 0 amide bonds. The molecule has 0 saturated heterocycles. The van der Waals surface area contributed by atoms with Crippen molar-refractivity contribution in [2.45, 2.75) is 0 Å². The maximum absolute atomic E-state index is 13.4. The average molecular weight is 273 g/mol. The minimum absolute atomic E-state index is 0.0372. The molecule has 1 aromatic heterocycles. The van der Waals surface area contributed by atoms with Crippen molar-refractivity contribution >= 4 is 21.8 Å². The van der Waals surface area contributed by atoms with Crippen LogP contribution in [-0.4, -0.2) is 10.3 Å². The van der Waals surface area contributed by atoms with Gasteiger partial charge in [-0.05, 0) is 28.1 Å². The predicted octanol–water partition coefficient (Wildman–Crippen LogP) is 2.53. The van der Waals surface area contributed by atoms with E-state index in [4.69, 9.17) is 5.73 Å². The Morgan fingerprint density at radius 3 is 2.80 bits per heavy atom. The molecule has 3 N–H and O–H groups in total. The van der Waals surface area contributed by atoms with E-state index in [9.17, 15) is 9.50 Å². The van der Waals surface area contributed by atoms with Gasteiger partial charge >= 0.3 is 0 Å². The Labute approximate surface area is 92.6 Å². The first-order valence-electron chi connectivity index (χ1n) is 3.99. The number of aromatic nitrogens is 1. The van der Waals surface area contributed by atoms with Crippen LogP contribution < -0.4 is 5.73 Å². The van der Waals surface area contributed by atoms with Gasteiger partial charge in [0.1, 0.15) is 17.3 Å². The van der Waals surface area contributed by atoms with Gasteiger partial charge in [0.25, 0.3) is 0 Å². The van der Waals surface area contributed by atoms with Gasteiger partial charge in [0, 0.05) is 6.07 Å². The summed E-state index contributed by atoms with van der Waals surface area (Å²) in [5, 5.41) is 13.2. The monoisotopic (exact) mass is 272 g/mol. The van der Waals surface area contributed by atoms with E-state index in [1.54, 1.807) is 0 Å². The molecule has 1 aromatic carbocycles. The number of nitrogens with two attached hydrogens (primary N) is 1. The summed E-state index contributed by atoms with van der Waals surface area (Å²) in [6, 6.07) is 3.95. The normalized spacial score (nSPS) is 10.5. The van der Waals surface area contributed by atoms with Crippen LogP contribution in [-0.2, 0) is 0 Å². The highest BCUT2D eigenvalue weighted by Gasteiger charge is 2.16. The highest BCUT2D eigenvalue weighted by atomic mass is 79.9. The van der Waals surface area contributed by atoms with Crippen LogP contribution in [0.2, 0.25) is 0 Å². The summed E-state index contributed by atoms with van der Waals surface area (Å²) in [7, 11) is 0. The number of hydrogen-bond acceptors (Lipinski definition) is 4. The molecule has 2 aromatic rings. The lowest BCUT2D eigenvalue weighted by Crippen LogP contribution is -1.86. The molecule has 0 saturated carbocycles. The molecule has 78 valence electrons. The number of nitrogen functional groups attached to an aromatic ring is 1. The van der Waals surface area contributed by atoms with E-state index < -0.39 is 5.82 Å². The lowest BCUT2D eigenvalue weighted by molar-refractivity contribution is 0.435. The van der Waals surface area contributed by atoms with Crippen molar-refractivity contribution < 1.29 is 14.0 Å².